The van der Waals surface area contributed by atoms with Crippen LogP contribution < -0.4 is 10.5 Å². The van der Waals surface area contributed by atoms with Crippen LogP contribution in [-0.4, -0.2) is 42.9 Å². The van der Waals surface area contributed by atoms with Crippen LogP contribution in [0, 0.1) is 5.92 Å². The molecule has 1 aromatic carbocycles. The van der Waals surface area contributed by atoms with Crippen LogP contribution in [0.4, 0.5) is 0 Å². The van der Waals surface area contributed by atoms with Crippen LogP contribution in [0.15, 0.2) is 24.3 Å². The van der Waals surface area contributed by atoms with Gasteiger partial charge in [0.1, 0.15) is 5.75 Å². The highest BCUT2D eigenvalue weighted by atomic mass is 16.5. The zero-order valence-electron chi connectivity index (χ0n) is 11.7. The third kappa shape index (κ3) is 3.08. The van der Waals surface area contributed by atoms with Crippen molar-refractivity contribution in [2.75, 3.05) is 26.7 Å². The Hall–Kier alpha value is -1.10. The Bertz CT molecular complexity index is 411. The van der Waals surface area contributed by atoms with Crippen LogP contribution >= 0.6 is 0 Å². The topological polar surface area (TPSA) is 58.7 Å². The molecular formula is C15H24N2O2. The van der Waals surface area contributed by atoms with Crippen molar-refractivity contribution in [1.29, 1.82) is 0 Å². The lowest BCUT2D eigenvalue weighted by Crippen LogP contribution is -2.45. The number of ether oxygens (including phenoxy) is 1. The normalized spacial score (nSPS) is 26.1. The predicted molar refractivity (Wildman–Crippen MR) is 76.2 cm³/mol. The highest BCUT2D eigenvalue weighted by Gasteiger charge is 2.30. The fourth-order valence-electron chi connectivity index (χ4n) is 2.86. The first kappa shape index (κ1) is 14.3. The lowest BCUT2D eigenvalue weighted by atomic mass is 9.93. The maximum absolute atomic E-state index is 9.84. The van der Waals surface area contributed by atoms with Crippen LogP contribution in [0.2, 0.25) is 0 Å². The maximum atomic E-state index is 9.84. The average Bonchev–Trinajstić information content (AvgIpc) is 2.44. The zero-order valence-corrected chi connectivity index (χ0v) is 11.7. The quantitative estimate of drug-likeness (QED) is 0.863. The van der Waals surface area contributed by atoms with Crippen molar-refractivity contribution >= 4 is 0 Å². The molecule has 0 bridgehead atoms. The summed E-state index contributed by atoms with van der Waals surface area (Å²) in [6.45, 7) is 4.41. The highest BCUT2D eigenvalue weighted by Crippen LogP contribution is 2.31. The van der Waals surface area contributed by atoms with Crippen molar-refractivity contribution in [2.24, 2.45) is 11.7 Å². The number of rotatable bonds is 4. The monoisotopic (exact) mass is 264 g/mol. The van der Waals surface area contributed by atoms with Gasteiger partial charge < -0.3 is 15.6 Å². The molecule has 0 saturated carbocycles. The summed E-state index contributed by atoms with van der Waals surface area (Å²) in [6.07, 6.45) is 0.625. The van der Waals surface area contributed by atoms with Crippen molar-refractivity contribution in [3.8, 4) is 5.75 Å². The van der Waals surface area contributed by atoms with E-state index < -0.39 is 0 Å². The van der Waals surface area contributed by atoms with Gasteiger partial charge in [-0.2, -0.15) is 0 Å². The zero-order chi connectivity index (χ0) is 13.8. The van der Waals surface area contributed by atoms with Gasteiger partial charge in [-0.3, -0.25) is 4.90 Å². The summed E-state index contributed by atoms with van der Waals surface area (Å²) in [5, 5.41) is 9.84. The number of likely N-dealkylation sites (tertiary alicyclic amines) is 1. The third-order valence-electron chi connectivity index (χ3n) is 4.05. The Labute approximate surface area is 115 Å². The summed E-state index contributed by atoms with van der Waals surface area (Å²) >= 11 is 0. The van der Waals surface area contributed by atoms with Gasteiger partial charge in [0.25, 0.3) is 0 Å². The molecule has 1 heterocycles. The van der Waals surface area contributed by atoms with Gasteiger partial charge in [-0.25, -0.2) is 0 Å². The van der Waals surface area contributed by atoms with E-state index in [-0.39, 0.29) is 18.1 Å². The first-order valence-corrected chi connectivity index (χ1v) is 6.92. The molecule has 1 aromatic rings. The lowest BCUT2D eigenvalue weighted by Gasteiger charge is -2.39. The summed E-state index contributed by atoms with van der Waals surface area (Å²) in [5.41, 5.74) is 7.11. The molecule has 0 amide bonds. The second-order valence-corrected chi connectivity index (χ2v) is 5.32. The number of para-hydroxylation sites is 1. The molecule has 19 heavy (non-hydrogen) atoms. The van der Waals surface area contributed by atoms with E-state index in [0.29, 0.717) is 6.54 Å². The van der Waals surface area contributed by atoms with E-state index >= 15 is 0 Å². The van der Waals surface area contributed by atoms with Crippen molar-refractivity contribution in [2.45, 2.75) is 25.5 Å². The van der Waals surface area contributed by atoms with E-state index in [1.54, 1.807) is 7.11 Å². The third-order valence-corrected chi connectivity index (χ3v) is 4.05. The second-order valence-electron chi connectivity index (χ2n) is 5.32. The number of hydrogen-bond acceptors (Lipinski definition) is 4. The minimum Gasteiger partial charge on any atom is -0.496 e. The minimum absolute atomic E-state index is 0.158. The van der Waals surface area contributed by atoms with Crippen molar-refractivity contribution < 1.29 is 9.84 Å². The Morgan fingerprint density at radius 3 is 2.84 bits per heavy atom. The SMILES string of the molecule is COc1ccccc1C(CN)N1CCC(O)C(C)C1. The molecule has 0 aromatic heterocycles. The standard InChI is InChI=1S/C15H24N2O2/c1-11-10-17(8-7-14(11)18)13(9-16)12-5-3-4-6-15(12)19-2/h3-6,11,13-14,18H,7-10,16H2,1-2H3. The maximum Gasteiger partial charge on any atom is 0.123 e. The first-order chi connectivity index (χ1) is 9.17. The van der Waals surface area contributed by atoms with Gasteiger partial charge in [0.05, 0.1) is 19.3 Å². The Morgan fingerprint density at radius 1 is 1.47 bits per heavy atom. The number of aliphatic hydroxyl groups is 1. The van der Waals surface area contributed by atoms with Gasteiger partial charge in [0.2, 0.25) is 0 Å². The van der Waals surface area contributed by atoms with Crippen LogP contribution in [-0.2, 0) is 0 Å². The number of methoxy groups -OCH3 is 1. The van der Waals surface area contributed by atoms with Crippen molar-refractivity contribution in [3.05, 3.63) is 29.8 Å². The number of aliphatic hydroxyl groups excluding tert-OH is 1. The molecule has 0 spiro atoms. The van der Waals surface area contributed by atoms with Crippen molar-refractivity contribution in [1.82, 2.24) is 4.90 Å². The van der Waals surface area contributed by atoms with Crippen LogP contribution in [0.3, 0.4) is 0 Å². The Morgan fingerprint density at radius 2 is 2.21 bits per heavy atom. The molecule has 3 atom stereocenters. The van der Waals surface area contributed by atoms with E-state index in [1.807, 2.05) is 18.2 Å². The van der Waals surface area contributed by atoms with E-state index in [1.165, 1.54) is 0 Å². The van der Waals surface area contributed by atoms with E-state index in [2.05, 4.69) is 17.9 Å². The Kier molecular flexibility index (Phi) is 4.80. The molecule has 0 aliphatic carbocycles. The largest absolute Gasteiger partial charge is 0.496 e. The molecule has 1 fully saturated rings. The summed E-state index contributed by atoms with van der Waals surface area (Å²) in [7, 11) is 1.69. The lowest BCUT2D eigenvalue weighted by molar-refractivity contribution is 0.0178. The molecular weight excluding hydrogens is 240 g/mol. The van der Waals surface area contributed by atoms with Gasteiger partial charge in [-0.15, -0.1) is 0 Å². The van der Waals surface area contributed by atoms with Crippen molar-refractivity contribution in [3.63, 3.8) is 0 Å². The number of benzene rings is 1. The average molecular weight is 264 g/mol. The van der Waals surface area contributed by atoms with E-state index in [0.717, 1.165) is 30.8 Å². The van der Waals surface area contributed by atoms with Gasteiger partial charge in [-0.05, 0) is 18.4 Å². The number of hydrogen-bond donors (Lipinski definition) is 2. The Balaban J connectivity index is 2.20. The molecule has 4 nitrogen and oxygen atoms in total. The smallest absolute Gasteiger partial charge is 0.123 e. The molecule has 1 aliphatic rings. The van der Waals surface area contributed by atoms with Crippen LogP contribution in [0.1, 0.15) is 24.9 Å². The van der Waals surface area contributed by atoms with Crippen LogP contribution in [0.5, 0.6) is 5.75 Å². The minimum atomic E-state index is -0.188. The first-order valence-electron chi connectivity index (χ1n) is 6.92. The molecule has 1 aliphatic heterocycles. The molecule has 2 rings (SSSR count). The fourth-order valence-corrected chi connectivity index (χ4v) is 2.86. The summed E-state index contributed by atoms with van der Waals surface area (Å²) in [5.74, 6) is 1.18. The predicted octanol–water partition coefficient (Wildman–Crippen LogP) is 1.40. The van der Waals surface area contributed by atoms with E-state index in [4.69, 9.17) is 10.5 Å². The van der Waals surface area contributed by atoms with Crippen LogP contribution in [0.25, 0.3) is 0 Å². The molecule has 106 valence electrons. The molecule has 3 N–H and O–H groups in total. The summed E-state index contributed by atoms with van der Waals surface area (Å²) < 4.78 is 5.44. The molecule has 0 radical (unpaired) electrons. The molecule has 1 saturated heterocycles. The van der Waals surface area contributed by atoms with Gasteiger partial charge in [-0.1, -0.05) is 25.1 Å². The van der Waals surface area contributed by atoms with Gasteiger partial charge in [0.15, 0.2) is 0 Å². The fraction of sp³-hybridized carbons (Fsp3) is 0.600. The van der Waals surface area contributed by atoms with E-state index in [9.17, 15) is 5.11 Å². The summed E-state index contributed by atoms with van der Waals surface area (Å²) in [6, 6.07) is 8.19. The second kappa shape index (κ2) is 6.37. The molecule has 3 unspecified atom stereocenters. The number of nitrogens with two attached hydrogens (primary N) is 1. The molecule has 4 heteroatoms. The summed E-state index contributed by atoms with van der Waals surface area (Å²) in [4.78, 5) is 2.36. The van der Waals surface area contributed by atoms with Gasteiger partial charge in [0, 0.05) is 25.2 Å². The number of nitrogens with zero attached hydrogens (tertiary/aromatic N) is 1. The highest BCUT2D eigenvalue weighted by molar-refractivity contribution is 5.36. The van der Waals surface area contributed by atoms with Gasteiger partial charge >= 0.3 is 0 Å². The number of piperidine rings is 1.